The minimum Gasteiger partial charge on any atom is -0.326 e. The maximum Gasteiger partial charge on any atom is 0.229 e. The number of carbonyl (C=O) groups is 2. The predicted molar refractivity (Wildman–Crippen MR) is 109 cm³/mol. The molecule has 26 heavy (non-hydrogen) atoms. The Morgan fingerprint density at radius 3 is 2.77 bits per heavy atom. The molecule has 0 aliphatic carbocycles. The molecule has 0 aromatic heterocycles. The Hall–Kier alpha value is -1.85. The largest absolute Gasteiger partial charge is 0.326 e. The van der Waals surface area contributed by atoms with Crippen molar-refractivity contribution in [1.82, 2.24) is 0 Å². The molecule has 2 amide bonds. The molecule has 3 rings (SSSR count). The van der Waals surface area contributed by atoms with Gasteiger partial charge in [0.05, 0.1) is 5.92 Å². The van der Waals surface area contributed by atoms with Crippen LogP contribution in [0, 0.1) is 12.8 Å². The van der Waals surface area contributed by atoms with Crippen LogP contribution in [0.15, 0.2) is 40.9 Å². The van der Waals surface area contributed by atoms with Gasteiger partial charge in [0.1, 0.15) is 0 Å². The van der Waals surface area contributed by atoms with Crippen LogP contribution in [0.1, 0.15) is 24.5 Å². The van der Waals surface area contributed by atoms with Gasteiger partial charge in [-0.3, -0.25) is 9.59 Å². The number of anilines is 2. The number of hydrogen-bond acceptors (Lipinski definition) is 2. The van der Waals surface area contributed by atoms with Crippen LogP contribution in [0.3, 0.4) is 0 Å². The molecule has 136 valence electrons. The van der Waals surface area contributed by atoms with Crippen LogP contribution in [0.5, 0.6) is 0 Å². The number of aryl methyl sites for hydroxylation is 2. The third kappa shape index (κ3) is 3.94. The van der Waals surface area contributed by atoms with E-state index in [0.717, 1.165) is 33.4 Å². The monoisotopic (exact) mass is 434 g/mol. The second kappa shape index (κ2) is 7.80. The normalized spacial score (nSPS) is 16.8. The molecule has 2 aromatic rings. The van der Waals surface area contributed by atoms with Crippen molar-refractivity contribution in [1.29, 1.82) is 0 Å². The summed E-state index contributed by atoms with van der Waals surface area (Å²) in [6.45, 7) is 4.32. The Bertz CT molecular complexity index is 869. The van der Waals surface area contributed by atoms with E-state index in [1.807, 2.05) is 44.2 Å². The standard InChI is InChI=1S/C20H20BrClN2O2/c1-3-13-8-15(21)5-7-18(13)23-20(26)14-9-19(25)24(11-14)16-6-4-12(2)17(22)10-16/h4-8,10,14H,3,9,11H2,1-2H3,(H,23,26)/t14-/m0/s1. The maximum absolute atomic E-state index is 12.7. The Morgan fingerprint density at radius 1 is 1.31 bits per heavy atom. The summed E-state index contributed by atoms with van der Waals surface area (Å²) in [5.74, 6) is -0.566. The van der Waals surface area contributed by atoms with Crippen molar-refractivity contribution in [2.75, 3.05) is 16.8 Å². The van der Waals surface area contributed by atoms with Crippen LogP contribution in [-0.2, 0) is 16.0 Å². The molecular weight excluding hydrogens is 416 g/mol. The van der Waals surface area contributed by atoms with E-state index in [1.165, 1.54) is 0 Å². The van der Waals surface area contributed by atoms with Crippen LogP contribution >= 0.6 is 27.5 Å². The zero-order valence-corrected chi connectivity index (χ0v) is 17.0. The summed E-state index contributed by atoms with van der Waals surface area (Å²) in [4.78, 5) is 26.7. The highest BCUT2D eigenvalue weighted by Crippen LogP contribution is 2.30. The number of hydrogen-bond donors (Lipinski definition) is 1. The first-order valence-electron chi connectivity index (χ1n) is 8.55. The van der Waals surface area contributed by atoms with Gasteiger partial charge in [0.25, 0.3) is 0 Å². The number of amides is 2. The first-order chi connectivity index (χ1) is 12.4. The SMILES string of the molecule is CCc1cc(Br)ccc1NC(=O)[C@H]1CC(=O)N(c2ccc(C)c(Cl)c2)C1. The fourth-order valence-corrected chi connectivity index (χ4v) is 3.68. The van der Waals surface area contributed by atoms with E-state index in [2.05, 4.69) is 21.2 Å². The van der Waals surface area contributed by atoms with Crippen molar-refractivity contribution in [2.45, 2.75) is 26.7 Å². The molecule has 1 aliphatic rings. The zero-order valence-electron chi connectivity index (χ0n) is 14.7. The van der Waals surface area contributed by atoms with Gasteiger partial charge in [-0.1, -0.05) is 40.5 Å². The summed E-state index contributed by atoms with van der Waals surface area (Å²) in [6, 6.07) is 11.3. The molecule has 0 radical (unpaired) electrons. The summed E-state index contributed by atoms with van der Waals surface area (Å²) < 4.78 is 0.978. The fraction of sp³-hybridized carbons (Fsp3) is 0.300. The van der Waals surface area contributed by atoms with Gasteiger partial charge >= 0.3 is 0 Å². The third-order valence-electron chi connectivity index (χ3n) is 4.67. The Balaban J connectivity index is 1.74. The van der Waals surface area contributed by atoms with Crippen molar-refractivity contribution >= 4 is 50.7 Å². The van der Waals surface area contributed by atoms with Crippen molar-refractivity contribution in [3.8, 4) is 0 Å². The minimum absolute atomic E-state index is 0.0587. The lowest BCUT2D eigenvalue weighted by molar-refractivity contribution is -0.122. The molecular formula is C20H20BrClN2O2. The molecule has 4 nitrogen and oxygen atoms in total. The highest BCUT2D eigenvalue weighted by atomic mass is 79.9. The lowest BCUT2D eigenvalue weighted by atomic mass is 10.1. The maximum atomic E-state index is 12.7. The Kier molecular flexibility index (Phi) is 5.68. The van der Waals surface area contributed by atoms with Gasteiger partial charge in [0, 0.05) is 33.8 Å². The van der Waals surface area contributed by atoms with E-state index in [-0.39, 0.29) is 24.2 Å². The third-order valence-corrected chi connectivity index (χ3v) is 5.57. The molecule has 0 spiro atoms. The van der Waals surface area contributed by atoms with Gasteiger partial charge < -0.3 is 10.2 Å². The van der Waals surface area contributed by atoms with Gasteiger partial charge in [0.2, 0.25) is 11.8 Å². The average Bonchev–Trinajstić information content (AvgIpc) is 3.00. The van der Waals surface area contributed by atoms with Crippen molar-refractivity contribution in [3.05, 3.63) is 57.0 Å². The van der Waals surface area contributed by atoms with E-state index >= 15 is 0 Å². The van der Waals surface area contributed by atoms with Crippen molar-refractivity contribution in [3.63, 3.8) is 0 Å². The number of nitrogens with one attached hydrogen (secondary N) is 1. The van der Waals surface area contributed by atoms with E-state index in [0.29, 0.717) is 11.6 Å². The summed E-state index contributed by atoms with van der Waals surface area (Å²) in [7, 11) is 0. The molecule has 1 saturated heterocycles. The molecule has 0 saturated carbocycles. The van der Waals surface area contributed by atoms with Gasteiger partial charge in [-0.15, -0.1) is 0 Å². The first-order valence-corrected chi connectivity index (χ1v) is 9.72. The molecule has 1 aliphatic heterocycles. The highest BCUT2D eigenvalue weighted by Gasteiger charge is 2.35. The van der Waals surface area contributed by atoms with Crippen LogP contribution in [0.25, 0.3) is 0 Å². The van der Waals surface area contributed by atoms with E-state index in [9.17, 15) is 9.59 Å². The summed E-state index contributed by atoms with van der Waals surface area (Å²) in [5, 5.41) is 3.60. The Morgan fingerprint density at radius 2 is 2.08 bits per heavy atom. The minimum atomic E-state index is -0.379. The van der Waals surface area contributed by atoms with Crippen molar-refractivity contribution < 1.29 is 9.59 Å². The van der Waals surface area contributed by atoms with E-state index in [1.54, 1.807) is 11.0 Å². The summed E-state index contributed by atoms with van der Waals surface area (Å²) >= 11 is 9.62. The first kappa shape index (κ1) is 18.9. The summed E-state index contributed by atoms with van der Waals surface area (Å²) in [6.07, 6.45) is 1.02. The molecule has 6 heteroatoms. The topological polar surface area (TPSA) is 49.4 Å². The number of rotatable bonds is 4. The van der Waals surface area contributed by atoms with E-state index < -0.39 is 0 Å². The molecule has 0 unspecified atom stereocenters. The van der Waals surface area contributed by atoms with Gasteiger partial charge in [-0.25, -0.2) is 0 Å². The number of nitrogens with zero attached hydrogens (tertiary/aromatic N) is 1. The lowest BCUT2D eigenvalue weighted by Gasteiger charge is -2.18. The number of carbonyl (C=O) groups excluding carboxylic acids is 2. The number of benzene rings is 2. The molecule has 1 atom stereocenters. The summed E-state index contributed by atoms with van der Waals surface area (Å²) in [5.41, 5.74) is 3.54. The zero-order chi connectivity index (χ0) is 18.8. The van der Waals surface area contributed by atoms with Gasteiger partial charge in [-0.05, 0) is 54.8 Å². The van der Waals surface area contributed by atoms with Crippen LogP contribution in [-0.4, -0.2) is 18.4 Å². The van der Waals surface area contributed by atoms with Gasteiger partial charge in [-0.2, -0.15) is 0 Å². The Labute approximate surface area is 166 Å². The molecule has 0 bridgehead atoms. The predicted octanol–water partition coefficient (Wildman–Crippen LogP) is 4.96. The molecule has 2 aromatic carbocycles. The van der Waals surface area contributed by atoms with E-state index in [4.69, 9.17) is 11.6 Å². The second-order valence-electron chi connectivity index (χ2n) is 6.48. The van der Waals surface area contributed by atoms with Gasteiger partial charge in [0.15, 0.2) is 0 Å². The smallest absolute Gasteiger partial charge is 0.229 e. The van der Waals surface area contributed by atoms with Crippen molar-refractivity contribution in [2.24, 2.45) is 5.92 Å². The fourth-order valence-electron chi connectivity index (χ4n) is 3.09. The quantitative estimate of drug-likeness (QED) is 0.737. The molecule has 1 fully saturated rings. The average molecular weight is 436 g/mol. The van der Waals surface area contributed by atoms with Crippen LogP contribution in [0.2, 0.25) is 5.02 Å². The van der Waals surface area contributed by atoms with Crippen LogP contribution < -0.4 is 10.2 Å². The molecule has 1 heterocycles. The lowest BCUT2D eigenvalue weighted by Crippen LogP contribution is -2.28. The second-order valence-corrected chi connectivity index (χ2v) is 7.81. The van der Waals surface area contributed by atoms with Crippen LogP contribution in [0.4, 0.5) is 11.4 Å². The molecule has 1 N–H and O–H groups in total. The highest BCUT2D eigenvalue weighted by molar-refractivity contribution is 9.10. The number of halogens is 2.